The zero-order valence-electron chi connectivity index (χ0n) is 15.7. The number of hydrogen-bond acceptors (Lipinski definition) is 3. The second-order valence-electron chi connectivity index (χ2n) is 7.19. The van der Waals surface area contributed by atoms with E-state index in [9.17, 15) is 8.78 Å². The van der Waals surface area contributed by atoms with Crippen molar-refractivity contribution in [3.63, 3.8) is 0 Å². The number of anilines is 1. The van der Waals surface area contributed by atoms with Crippen LogP contribution in [-0.2, 0) is 6.42 Å². The minimum atomic E-state index is -0.546. The Kier molecular flexibility index (Phi) is 6.57. The smallest absolute Gasteiger partial charge is 0.184 e. The van der Waals surface area contributed by atoms with Crippen LogP contribution >= 0.6 is 12.2 Å². The fraction of sp³-hybridized carbons (Fsp3) is 0.333. The van der Waals surface area contributed by atoms with Gasteiger partial charge in [0, 0.05) is 24.7 Å². The number of thiocarbonyl (C=S) groups is 1. The van der Waals surface area contributed by atoms with Gasteiger partial charge in [0.25, 0.3) is 0 Å². The minimum Gasteiger partial charge on any atom is -0.375 e. The third-order valence-corrected chi connectivity index (χ3v) is 5.34. The first kappa shape index (κ1) is 20.2. The van der Waals surface area contributed by atoms with Crippen molar-refractivity contribution in [1.29, 1.82) is 0 Å². The van der Waals surface area contributed by atoms with Crippen LogP contribution in [-0.4, -0.2) is 24.4 Å². The maximum Gasteiger partial charge on any atom is 0.184 e. The highest BCUT2D eigenvalue weighted by Gasteiger charge is 2.29. The molecule has 3 N–H and O–H groups in total. The number of benzene rings is 2. The predicted octanol–water partition coefficient (Wildman–Crippen LogP) is 3.98. The third kappa shape index (κ3) is 5.04. The molecule has 0 saturated heterocycles. The summed E-state index contributed by atoms with van der Waals surface area (Å²) in [5.41, 5.74) is 9.20. The van der Waals surface area contributed by atoms with Gasteiger partial charge in [0.1, 0.15) is 11.6 Å². The Morgan fingerprint density at radius 1 is 1.25 bits per heavy atom. The lowest BCUT2D eigenvalue weighted by Crippen LogP contribution is -2.30. The van der Waals surface area contributed by atoms with Crippen LogP contribution in [0.5, 0.6) is 0 Å². The average molecular weight is 403 g/mol. The van der Waals surface area contributed by atoms with Crippen molar-refractivity contribution in [3.8, 4) is 0 Å². The van der Waals surface area contributed by atoms with Crippen molar-refractivity contribution in [2.24, 2.45) is 16.8 Å². The molecule has 4 nitrogen and oxygen atoms in total. The first-order chi connectivity index (χ1) is 13.4. The first-order valence-corrected chi connectivity index (χ1v) is 9.69. The summed E-state index contributed by atoms with van der Waals surface area (Å²) in [6.45, 7) is 0. The molecule has 7 heteroatoms. The van der Waals surface area contributed by atoms with Crippen LogP contribution in [0, 0.1) is 17.6 Å². The Bertz CT molecular complexity index is 857. The molecule has 0 heterocycles. The van der Waals surface area contributed by atoms with E-state index in [-0.39, 0.29) is 22.4 Å². The molecule has 0 aromatic heterocycles. The summed E-state index contributed by atoms with van der Waals surface area (Å²) >= 11 is 4.61. The molecule has 148 valence electrons. The first-order valence-electron chi connectivity index (χ1n) is 9.28. The fourth-order valence-electron chi connectivity index (χ4n) is 3.82. The molecule has 0 bridgehead atoms. The Hall–Kier alpha value is -2.54. The number of halogens is 2. The Balaban J connectivity index is 1.67. The third-order valence-electron chi connectivity index (χ3n) is 5.25. The van der Waals surface area contributed by atoms with E-state index < -0.39 is 11.6 Å². The normalized spacial score (nSPS) is 19.1. The predicted molar refractivity (Wildman–Crippen MR) is 114 cm³/mol. The maximum atomic E-state index is 14.6. The van der Waals surface area contributed by atoms with Gasteiger partial charge in [-0.25, -0.2) is 8.78 Å². The number of nitrogens with zero attached hydrogens (tertiary/aromatic N) is 2. The summed E-state index contributed by atoms with van der Waals surface area (Å²) in [5.74, 6) is -0.469. The van der Waals surface area contributed by atoms with Crippen LogP contribution in [0.15, 0.2) is 47.6 Å². The van der Waals surface area contributed by atoms with E-state index in [0.717, 1.165) is 38.0 Å². The number of nitrogens with two attached hydrogens (primary N) is 1. The van der Waals surface area contributed by atoms with Crippen molar-refractivity contribution in [2.45, 2.75) is 31.7 Å². The monoisotopic (exact) mass is 402 g/mol. The van der Waals surface area contributed by atoms with E-state index in [4.69, 9.17) is 5.73 Å². The highest BCUT2D eigenvalue weighted by Crippen LogP contribution is 2.34. The second-order valence-corrected chi connectivity index (χ2v) is 7.63. The summed E-state index contributed by atoms with van der Waals surface area (Å²) in [6, 6.07) is 12.9. The average Bonchev–Trinajstić information content (AvgIpc) is 3.12. The second kappa shape index (κ2) is 9.10. The van der Waals surface area contributed by atoms with Crippen LogP contribution < -0.4 is 16.1 Å². The minimum absolute atomic E-state index is 0.0341. The molecular formula is C21H24F2N4S. The van der Waals surface area contributed by atoms with Crippen molar-refractivity contribution in [1.82, 2.24) is 5.43 Å². The summed E-state index contributed by atoms with van der Waals surface area (Å²) in [6.07, 6.45) is 5.20. The molecule has 1 saturated carbocycles. The summed E-state index contributed by atoms with van der Waals surface area (Å²) in [7, 11) is 1.83. The summed E-state index contributed by atoms with van der Waals surface area (Å²) in [5, 5.41) is 3.64. The van der Waals surface area contributed by atoms with Gasteiger partial charge in [0.2, 0.25) is 0 Å². The molecule has 1 aliphatic carbocycles. The number of hydrazone groups is 1. The SMILES string of the molecule is CN(c1cc(F)c(/C=N/NC(N)=S)cc1F)[C@@H]1CCC(Cc2ccccc2)C1. The summed E-state index contributed by atoms with van der Waals surface area (Å²) in [4.78, 5) is 1.86. The molecule has 2 aromatic carbocycles. The lowest BCUT2D eigenvalue weighted by Gasteiger charge is -2.27. The van der Waals surface area contributed by atoms with E-state index in [2.05, 4.69) is 34.9 Å². The van der Waals surface area contributed by atoms with E-state index in [1.165, 1.54) is 11.6 Å². The molecule has 1 aliphatic rings. The van der Waals surface area contributed by atoms with Crippen molar-refractivity contribution >= 4 is 29.2 Å². The standard InChI is InChI=1S/C21H24F2N4S/c1-27(17-8-7-15(10-17)9-14-5-3-2-4-6-14)20-12-18(22)16(11-19(20)23)13-25-26-21(24)28/h2-6,11-13,15,17H,7-10H2,1H3,(H3,24,26,28)/b25-13+/t15?,17-/m1/s1. The molecule has 2 aromatic rings. The molecular weight excluding hydrogens is 378 g/mol. The molecule has 28 heavy (non-hydrogen) atoms. The number of rotatable bonds is 6. The topological polar surface area (TPSA) is 53.6 Å². The highest BCUT2D eigenvalue weighted by atomic mass is 32.1. The van der Waals surface area contributed by atoms with Gasteiger partial charge >= 0.3 is 0 Å². The van der Waals surface area contributed by atoms with Gasteiger partial charge < -0.3 is 10.6 Å². The van der Waals surface area contributed by atoms with Gasteiger partial charge in [0.05, 0.1) is 11.9 Å². The van der Waals surface area contributed by atoms with Crippen molar-refractivity contribution in [2.75, 3.05) is 11.9 Å². The van der Waals surface area contributed by atoms with E-state index >= 15 is 0 Å². The zero-order chi connectivity index (χ0) is 20.1. The van der Waals surface area contributed by atoms with Gasteiger partial charge in [-0.2, -0.15) is 5.10 Å². The van der Waals surface area contributed by atoms with Crippen molar-refractivity contribution in [3.05, 3.63) is 65.2 Å². The van der Waals surface area contributed by atoms with Crippen LogP contribution in [0.2, 0.25) is 0 Å². The van der Waals surface area contributed by atoms with E-state index in [0.29, 0.717) is 5.92 Å². The largest absolute Gasteiger partial charge is 0.375 e. The van der Waals surface area contributed by atoms with E-state index in [1.807, 2.05) is 30.1 Å². The van der Waals surface area contributed by atoms with Gasteiger partial charge in [-0.15, -0.1) is 0 Å². The molecule has 3 rings (SSSR count). The fourth-order valence-corrected chi connectivity index (χ4v) is 3.87. The van der Waals surface area contributed by atoms with Gasteiger partial charge in [0.15, 0.2) is 5.11 Å². The Labute approximate surface area is 169 Å². The molecule has 1 fully saturated rings. The molecule has 0 spiro atoms. The molecule has 0 radical (unpaired) electrons. The van der Waals surface area contributed by atoms with Gasteiger partial charge in [-0.3, -0.25) is 5.43 Å². The Morgan fingerprint density at radius 3 is 2.71 bits per heavy atom. The lowest BCUT2D eigenvalue weighted by molar-refractivity contribution is 0.524. The number of hydrogen-bond donors (Lipinski definition) is 2. The zero-order valence-corrected chi connectivity index (χ0v) is 16.6. The molecule has 0 aliphatic heterocycles. The molecule has 1 unspecified atom stereocenters. The van der Waals surface area contributed by atoms with Crippen LogP contribution in [0.25, 0.3) is 0 Å². The van der Waals surface area contributed by atoms with E-state index in [1.54, 1.807) is 0 Å². The van der Waals surface area contributed by atoms with Crippen LogP contribution in [0.4, 0.5) is 14.5 Å². The van der Waals surface area contributed by atoms with Crippen LogP contribution in [0.1, 0.15) is 30.4 Å². The molecule has 2 atom stereocenters. The number of nitrogens with one attached hydrogen (secondary N) is 1. The summed E-state index contributed by atoms with van der Waals surface area (Å²) < 4.78 is 29.0. The quantitative estimate of drug-likeness (QED) is 0.436. The highest BCUT2D eigenvalue weighted by molar-refractivity contribution is 7.80. The van der Waals surface area contributed by atoms with Gasteiger partial charge in [-0.05, 0) is 55.4 Å². The lowest BCUT2D eigenvalue weighted by atomic mass is 9.98. The van der Waals surface area contributed by atoms with Gasteiger partial charge in [-0.1, -0.05) is 30.3 Å². The van der Waals surface area contributed by atoms with Crippen LogP contribution in [0.3, 0.4) is 0 Å². The maximum absolute atomic E-state index is 14.6. The van der Waals surface area contributed by atoms with Crippen molar-refractivity contribution < 1.29 is 8.78 Å². The molecule has 0 amide bonds. The Morgan fingerprint density at radius 2 is 2.00 bits per heavy atom.